The van der Waals surface area contributed by atoms with E-state index in [0.717, 1.165) is 28.9 Å². The van der Waals surface area contributed by atoms with Crippen molar-refractivity contribution in [2.45, 2.75) is 56.4 Å². The molecule has 1 saturated carbocycles. The Bertz CT molecular complexity index is 423. The largest absolute Gasteiger partial charge is 0.349 e. The predicted octanol–water partition coefficient (Wildman–Crippen LogP) is 3.74. The van der Waals surface area contributed by atoms with E-state index in [1.165, 1.54) is 25.7 Å². The van der Waals surface area contributed by atoms with E-state index in [-0.39, 0.29) is 5.91 Å². The molecule has 0 heterocycles. The lowest BCUT2D eigenvalue weighted by Crippen LogP contribution is -2.34. The zero-order valence-corrected chi connectivity index (χ0v) is 11.8. The van der Waals surface area contributed by atoms with Crippen LogP contribution in [-0.4, -0.2) is 11.9 Å². The van der Waals surface area contributed by atoms with E-state index in [4.69, 9.17) is 0 Å². The molecule has 0 aliphatic heterocycles. The third kappa shape index (κ3) is 3.52. The summed E-state index contributed by atoms with van der Waals surface area (Å²) in [7, 11) is 0. The summed E-state index contributed by atoms with van der Waals surface area (Å²) in [4.78, 5) is 13.1. The number of benzene rings is 1. The molecule has 3 heteroatoms. The summed E-state index contributed by atoms with van der Waals surface area (Å²) in [6.07, 6.45) is 7.30. The summed E-state index contributed by atoms with van der Waals surface area (Å²) < 4.78 is 0. The molecule has 0 bridgehead atoms. The molecule has 0 radical (unpaired) electrons. The first-order valence-corrected chi connectivity index (χ1v) is 7.22. The number of hydrogen-bond donors (Lipinski definition) is 2. The van der Waals surface area contributed by atoms with Crippen molar-refractivity contribution in [1.82, 2.24) is 5.32 Å². The van der Waals surface area contributed by atoms with E-state index in [2.05, 4.69) is 17.9 Å². The van der Waals surface area contributed by atoms with Crippen LogP contribution in [0.25, 0.3) is 0 Å². The van der Waals surface area contributed by atoms with Crippen LogP contribution in [0.1, 0.15) is 54.4 Å². The van der Waals surface area contributed by atoms with Crippen LogP contribution in [-0.2, 0) is 0 Å². The minimum Gasteiger partial charge on any atom is -0.349 e. The molecule has 1 aliphatic rings. The molecule has 0 unspecified atom stereocenters. The number of carbonyl (C=O) groups is 1. The van der Waals surface area contributed by atoms with E-state index in [9.17, 15) is 4.79 Å². The van der Waals surface area contributed by atoms with Crippen LogP contribution in [0.4, 0.5) is 0 Å². The molecule has 98 valence electrons. The van der Waals surface area contributed by atoms with Crippen molar-refractivity contribution in [3.63, 3.8) is 0 Å². The molecule has 0 aromatic heterocycles. The average Bonchev–Trinajstić information content (AvgIpc) is 2.61. The van der Waals surface area contributed by atoms with Crippen LogP contribution in [0.15, 0.2) is 23.1 Å². The van der Waals surface area contributed by atoms with Gasteiger partial charge in [-0.2, -0.15) is 0 Å². The maximum atomic E-state index is 12.3. The van der Waals surface area contributed by atoms with Gasteiger partial charge in [-0.25, -0.2) is 0 Å². The third-order valence-corrected chi connectivity index (χ3v) is 3.93. The normalized spacial score (nSPS) is 17.2. The Labute approximate surface area is 115 Å². The zero-order valence-electron chi connectivity index (χ0n) is 10.9. The van der Waals surface area contributed by atoms with E-state index in [0.29, 0.717) is 6.04 Å². The fourth-order valence-corrected chi connectivity index (χ4v) is 2.75. The van der Waals surface area contributed by atoms with E-state index >= 15 is 0 Å². The van der Waals surface area contributed by atoms with Gasteiger partial charge in [0.2, 0.25) is 0 Å². The molecular weight excluding hydrogens is 242 g/mol. The minimum absolute atomic E-state index is 0.0512. The summed E-state index contributed by atoms with van der Waals surface area (Å²) in [6.45, 7) is 1.97. The minimum atomic E-state index is 0.0512. The van der Waals surface area contributed by atoms with Crippen molar-refractivity contribution >= 4 is 18.5 Å². The van der Waals surface area contributed by atoms with Gasteiger partial charge in [-0.05, 0) is 37.5 Å². The molecule has 0 spiro atoms. The average molecular weight is 263 g/mol. The summed E-state index contributed by atoms with van der Waals surface area (Å²) in [5.74, 6) is 0.0512. The van der Waals surface area contributed by atoms with Crippen LogP contribution in [0.2, 0.25) is 0 Å². The second-order valence-electron chi connectivity index (χ2n) is 5.16. The molecular formula is C15H21NOS. The van der Waals surface area contributed by atoms with E-state index in [1.807, 2.05) is 25.1 Å². The first kappa shape index (κ1) is 13.5. The van der Waals surface area contributed by atoms with Crippen LogP contribution < -0.4 is 5.32 Å². The highest BCUT2D eigenvalue weighted by Crippen LogP contribution is 2.19. The summed E-state index contributed by atoms with van der Waals surface area (Å²) in [5.41, 5.74) is 1.77. The topological polar surface area (TPSA) is 29.1 Å². The first-order chi connectivity index (χ1) is 8.66. The molecule has 1 amide bonds. The number of rotatable bonds is 2. The lowest BCUT2D eigenvalue weighted by Gasteiger charge is -2.17. The maximum absolute atomic E-state index is 12.3. The summed E-state index contributed by atoms with van der Waals surface area (Å²) in [5, 5.41) is 3.17. The fourth-order valence-electron chi connectivity index (χ4n) is 2.54. The highest BCUT2D eigenvalue weighted by Gasteiger charge is 2.16. The molecule has 2 rings (SSSR count). The molecule has 2 nitrogen and oxygen atoms in total. The Morgan fingerprint density at radius 2 is 1.89 bits per heavy atom. The summed E-state index contributed by atoms with van der Waals surface area (Å²) in [6, 6.07) is 6.07. The van der Waals surface area contributed by atoms with Gasteiger partial charge in [0.1, 0.15) is 0 Å². The second-order valence-corrected chi connectivity index (χ2v) is 5.68. The highest BCUT2D eigenvalue weighted by atomic mass is 32.1. The Morgan fingerprint density at radius 3 is 2.56 bits per heavy atom. The molecule has 1 fully saturated rings. The zero-order chi connectivity index (χ0) is 13.0. The lowest BCUT2D eigenvalue weighted by atomic mass is 10.1. The highest BCUT2D eigenvalue weighted by molar-refractivity contribution is 7.80. The molecule has 1 N–H and O–H groups in total. The Hall–Kier alpha value is -0.960. The Kier molecular flexibility index (Phi) is 4.70. The predicted molar refractivity (Wildman–Crippen MR) is 77.4 cm³/mol. The van der Waals surface area contributed by atoms with Gasteiger partial charge < -0.3 is 5.32 Å². The quantitative estimate of drug-likeness (QED) is 0.618. The maximum Gasteiger partial charge on any atom is 0.251 e. The number of hydrogen-bond acceptors (Lipinski definition) is 2. The van der Waals surface area contributed by atoms with Crippen molar-refractivity contribution < 1.29 is 4.79 Å². The van der Waals surface area contributed by atoms with Crippen LogP contribution in [0, 0.1) is 6.92 Å². The summed E-state index contributed by atoms with van der Waals surface area (Å²) >= 11 is 4.30. The molecule has 1 aliphatic carbocycles. The molecule has 1 aromatic rings. The van der Waals surface area contributed by atoms with Crippen molar-refractivity contribution in [2.24, 2.45) is 0 Å². The van der Waals surface area contributed by atoms with Crippen molar-refractivity contribution in [3.05, 3.63) is 29.3 Å². The number of thiol groups is 1. The van der Waals surface area contributed by atoms with Gasteiger partial charge >= 0.3 is 0 Å². The van der Waals surface area contributed by atoms with Gasteiger partial charge in [0.25, 0.3) is 5.91 Å². The smallest absolute Gasteiger partial charge is 0.251 e. The van der Waals surface area contributed by atoms with Crippen LogP contribution >= 0.6 is 12.6 Å². The van der Waals surface area contributed by atoms with Gasteiger partial charge in [-0.1, -0.05) is 31.7 Å². The number of amides is 1. The Balaban J connectivity index is 2.04. The van der Waals surface area contributed by atoms with Gasteiger partial charge in [0, 0.05) is 16.5 Å². The number of nitrogens with one attached hydrogen (secondary N) is 1. The van der Waals surface area contributed by atoms with Gasteiger partial charge in [0.15, 0.2) is 0 Å². The van der Waals surface area contributed by atoms with E-state index in [1.54, 1.807) is 0 Å². The van der Waals surface area contributed by atoms with Crippen molar-refractivity contribution in [1.29, 1.82) is 0 Å². The first-order valence-electron chi connectivity index (χ1n) is 6.77. The van der Waals surface area contributed by atoms with Crippen molar-refractivity contribution in [2.75, 3.05) is 0 Å². The lowest BCUT2D eigenvalue weighted by molar-refractivity contribution is 0.0932. The Morgan fingerprint density at radius 1 is 1.22 bits per heavy atom. The monoisotopic (exact) mass is 263 g/mol. The van der Waals surface area contributed by atoms with Gasteiger partial charge in [0.05, 0.1) is 0 Å². The molecule has 0 saturated heterocycles. The van der Waals surface area contributed by atoms with Crippen LogP contribution in [0.3, 0.4) is 0 Å². The number of carbonyl (C=O) groups excluding carboxylic acids is 1. The van der Waals surface area contributed by atoms with Gasteiger partial charge in [-0.3, -0.25) is 4.79 Å². The van der Waals surface area contributed by atoms with Gasteiger partial charge in [-0.15, -0.1) is 12.6 Å². The van der Waals surface area contributed by atoms with Crippen molar-refractivity contribution in [3.8, 4) is 0 Å². The molecule has 18 heavy (non-hydrogen) atoms. The fraction of sp³-hybridized carbons (Fsp3) is 0.533. The third-order valence-electron chi connectivity index (χ3n) is 3.66. The SMILES string of the molecule is Cc1ccc(S)cc1C(=O)NC1CCCCCC1. The molecule has 1 aromatic carbocycles. The molecule has 0 atom stereocenters. The number of aryl methyl sites for hydroxylation is 1. The standard InChI is InChI=1S/C15H21NOS/c1-11-8-9-13(18)10-14(11)15(17)16-12-6-4-2-3-5-7-12/h8-10,12,18H,2-7H2,1H3,(H,16,17). The van der Waals surface area contributed by atoms with Crippen LogP contribution in [0.5, 0.6) is 0 Å². The van der Waals surface area contributed by atoms with E-state index < -0.39 is 0 Å². The second kappa shape index (κ2) is 6.28.